The summed E-state index contributed by atoms with van der Waals surface area (Å²) in [5, 5.41) is 3.37. The van der Waals surface area contributed by atoms with Crippen LogP contribution in [0.5, 0.6) is 0 Å². The zero-order valence-corrected chi connectivity index (χ0v) is 12.0. The van der Waals surface area contributed by atoms with Crippen LogP contribution in [0, 0.1) is 5.82 Å². The topological polar surface area (TPSA) is 12.0 Å². The Bertz CT molecular complexity index is 390. The Balaban J connectivity index is 2.96. The molecule has 1 nitrogen and oxygen atoms in total. The molecule has 0 saturated heterocycles. The van der Waals surface area contributed by atoms with Crippen LogP contribution in [0.1, 0.15) is 38.3 Å². The third-order valence-electron chi connectivity index (χ3n) is 2.80. The van der Waals surface area contributed by atoms with Crippen LogP contribution in [0.4, 0.5) is 4.39 Å². The van der Waals surface area contributed by atoms with Gasteiger partial charge in [-0.25, -0.2) is 4.39 Å². The first-order valence-corrected chi connectivity index (χ1v) is 6.73. The number of halogens is 2. The van der Waals surface area contributed by atoms with Crippen molar-refractivity contribution >= 4 is 15.9 Å². The first kappa shape index (κ1) is 14.4. The molecular weight excluding hydrogens is 281 g/mol. The van der Waals surface area contributed by atoms with Crippen LogP contribution in [-0.4, -0.2) is 6.54 Å². The Hall–Kier alpha value is -0.670. The van der Waals surface area contributed by atoms with E-state index in [0.717, 1.165) is 24.9 Å². The van der Waals surface area contributed by atoms with Crippen molar-refractivity contribution in [2.24, 2.45) is 0 Å². The summed E-state index contributed by atoms with van der Waals surface area (Å²) in [5.41, 5.74) is 2.13. The molecule has 0 amide bonds. The molecule has 0 radical (unpaired) electrons. The van der Waals surface area contributed by atoms with Gasteiger partial charge in [-0.1, -0.05) is 38.1 Å². The SMILES string of the molecule is C=C(CC)CC(NCC)c1cccc(F)c1Br. The van der Waals surface area contributed by atoms with E-state index in [9.17, 15) is 4.39 Å². The molecular formula is C14H19BrFN. The Morgan fingerprint density at radius 1 is 1.47 bits per heavy atom. The van der Waals surface area contributed by atoms with Crippen molar-refractivity contribution in [1.82, 2.24) is 5.32 Å². The molecule has 1 aromatic carbocycles. The highest BCUT2D eigenvalue weighted by molar-refractivity contribution is 9.10. The summed E-state index contributed by atoms with van der Waals surface area (Å²) in [6, 6.07) is 5.28. The molecule has 94 valence electrons. The van der Waals surface area contributed by atoms with Gasteiger partial charge in [0, 0.05) is 6.04 Å². The van der Waals surface area contributed by atoms with Gasteiger partial charge in [0.2, 0.25) is 0 Å². The standard InChI is InChI=1S/C14H19BrFN/c1-4-10(3)9-13(17-5-2)11-7-6-8-12(16)14(11)15/h6-8,13,17H,3-5,9H2,1-2H3. The maximum Gasteiger partial charge on any atom is 0.137 e. The summed E-state index contributed by atoms with van der Waals surface area (Å²) in [7, 11) is 0. The summed E-state index contributed by atoms with van der Waals surface area (Å²) < 4.78 is 14.1. The summed E-state index contributed by atoms with van der Waals surface area (Å²) >= 11 is 3.32. The van der Waals surface area contributed by atoms with Crippen molar-refractivity contribution in [2.75, 3.05) is 6.54 Å². The smallest absolute Gasteiger partial charge is 0.137 e. The average molecular weight is 300 g/mol. The Labute approximate surface area is 111 Å². The van der Waals surface area contributed by atoms with Crippen LogP contribution < -0.4 is 5.32 Å². The second-order valence-corrected chi connectivity index (χ2v) is 4.85. The number of nitrogens with one attached hydrogen (secondary N) is 1. The van der Waals surface area contributed by atoms with Gasteiger partial charge >= 0.3 is 0 Å². The Morgan fingerprint density at radius 3 is 2.76 bits per heavy atom. The first-order chi connectivity index (χ1) is 8.10. The predicted octanol–water partition coefficient (Wildman–Crippen LogP) is 4.60. The zero-order valence-electron chi connectivity index (χ0n) is 10.4. The van der Waals surface area contributed by atoms with E-state index >= 15 is 0 Å². The highest BCUT2D eigenvalue weighted by Gasteiger charge is 2.16. The molecule has 0 saturated carbocycles. The predicted molar refractivity (Wildman–Crippen MR) is 74.6 cm³/mol. The van der Waals surface area contributed by atoms with Gasteiger partial charge in [0.25, 0.3) is 0 Å². The molecule has 0 fully saturated rings. The van der Waals surface area contributed by atoms with Gasteiger partial charge in [-0.05, 0) is 46.9 Å². The molecule has 1 aromatic rings. The van der Waals surface area contributed by atoms with Crippen molar-refractivity contribution in [3.63, 3.8) is 0 Å². The van der Waals surface area contributed by atoms with Crippen molar-refractivity contribution in [1.29, 1.82) is 0 Å². The number of rotatable bonds is 6. The molecule has 0 aromatic heterocycles. The fraction of sp³-hybridized carbons (Fsp3) is 0.429. The minimum absolute atomic E-state index is 0.123. The number of hydrogen-bond acceptors (Lipinski definition) is 1. The van der Waals surface area contributed by atoms with E-state index in [1.807, 2.05) is 6.07 Å². The molecule has 1 rings (SSSR count). The lowest BCUT2D eigenvalue weighted by molar-refractivity contribution is 0.533. The molecule has 0 aliphatic carbocycles. The van der Waals surface area contributed by atoms with Crippen molar-refractivity contribution in [3.05, 3.63) is 46.2 Å². The van der Waals surface area contributed by atoms with Crippen molar-refractivity contribution < 1.29 is 4.39 Å². The fourth-order valence-corrected chi connectivity index (χ4v) is 2.30. The summed E-state index contributed by atoms with van der Waals surface area (Å²) in [6.07, 6.45) is 1.79. The minimum Gasteiger partial charge on any atom is -0.310 e. The number of hydrogen-bond donors (Lipinski definition) is 1. The van der Waals surface area contributed by atoms with E-state index in [1.165, 1.54) is 11.6 Å². The largest absolute Gasteiger partial charge is 0.310 e. The van der Waals surface area contributed by atoms with Gasteiger partial charge in [-0.15, -0.1) is 0 Å². The van der Waals surface area contributed by atoms with Gasteiger partial charge < -0.3 is 5.32 Å². The third kappa shape index (κ3) is 3.93. The molecule has 3 heteroatoms. The molecule has 0 aliphatic rings. The quantitative estimate of drug-likeness (QED) is 0.757. The lowest BCUT2D eigenvalue weighted by atomic mass is 9.98. The van der Waals surface area contributed by atoms with Crippen LogP contribution in [0.3, 0.4) is 0 Å². The van der Waals surface area contributed by atoms with Gasteiger partial charge in [0.15, 0.2) is 0 Å². The van der Waals surface area contributed by atoms with Crippen LogP contribution in [-0.2, 0) is 0 Å². The van der Waals surface area contributed by atoms with E-state index in [4.69, 9.17) is 0 Å². The van der Waals surface area contributed by atoms with E-state index in [0.29, 0.717) is 4.47 Å². The molecule has 1 N–H and O–H groups in total. The normalized spacial score (nSPS) is 12.5. The monoisotopic (exact) mass is 299 g/mol. The molecule has 0 aliphatic heterocycles. The second-order valence-electron chi connectivity index (χ2n) is 4.06. The van der Waals surface area contributed by atoms with E-state index < -0.39 is 0 Å². The summed E-state index contributed by atoms with van der Waals surface area (Å²) in [4.78, 5) is 0. The maximum atomic E-state index is 13.5. The van der Waals surface area contributed by atoms with E-state index in [2.05, 4.69) is 41.7 Å². The van der Waals surface area contributed by atoms with Gasteiger partial charge in [-0.2, -0.15) is 0 Å². The molecule has 0 bridgehead atoms. The van der Waals surface area contributed by atoms with E-state index in [-0.39, 0.29) is 11.9 Å². The first-order valence-electron chi connectivity index (χ1n) is 5.94. The van der Waals surface area contributed by atoms with E-state index in [1.54, 1.807) is 6.07 Å². The Morgan fingerprint density at radius 2 is 2.18 bits per heavy atom. The van der Waals surface area contributed by atoms with Gasteiger partial charge in [-0.3, -0.25) is 0 Å². The Kier molecular flexibility index (Phi) is 5.86. The average Bonchev–Trinajstić information content (AvgIpc) is 2.32. The number of benzene rings is 1. The highest BCUT2D eigenvalue weighted by atomic mass is 79.9. The summed E-state index contributed by atoms with van der Waals surface area (Å²) in [6.45, 7) is 9.02. The van der Waals surface area contributed by atoms with Gasteiger partial charge in [0.1, 0.15) is 5.82 Å². The van der Waals surface area contributed by atoms with Crippen LogP contribution in [0.2, 0.25) is 0 Å². The molecule has 17 heavy (non-hydrogen) atoms. The van der Waals surface area contributed by atoms with Crippen LogP contribution in [0.25, 0.3) is 0 Å². The van der Waals surface area contributed by atoms with Crippen LogP contribution in [0.15, 0.2) is 34.8 Å². The van der Waals surface area contributed by atoms with Crippen molar-refractivity contribution in [2.45, 2.75) is 32.7 Å². The van der Waals surface area contributed by atoms with Gasteiger partial charge in [0.05, 0.1) is 4.47 Å². The van der Waals surface area contributed by atoms with Crippen molar-refractivity contribution in [3.8, 4) is 0 Å². The molecule has 1 unspecified atom stereocenters. The summed E-state index contributed by atoms with van der Waals surface area (Å²) in [5.74, 6) is -0.215. The van der Waals surface area contributed by atoms with Crippen LogP contribution >= 0.6 is 15.9 Å². The fourth-order valence-electron chi connectivity index (χ4n) is 1.76. The maximum absolute atomic E-state index is 13.5. The lowest BCUT2D eigenvalue weighted by Gasteiger charge is -2.20. The second kappa shape index (κ2) is 6.92. The zero-order chi connectivity index (χ0) is 12.8. The minimum atomic E-state index is -0.215. The lowest BCUT2D eigenvalue weighted by Crippen LogP contribution is -2.22. The molecule has 0 heterocycles. The highest BCUT2D eigenvalue weighted by Crippen LogP contribution is 2.30. The third-order valence-corrected chi connectivity index (χ3v) is 3.64. The molecule has 0 spiro atoms. The molecule has 1 atom stereocenters.